The van der Waals surface area contributed by atoms with E-state index >= 15 is 0 Å². The maximum absolute atomic E-state index is 12.1. The number of hydrogen-bond donors (Lipinski definition) is 1. The molecule has 5 nitrogen and oxygen atoms in total. The number of carbonyl (C=O) groups is 2. The number of aliphatic carboxylic acids is 1. The summed E-state index contributed by atoms with van der Waals surface area (Å²) >= 11 is 0. The van der Waals surface area contributed by atoms with Gasteiger partial charge < -0.3 is 9.84 Å². The molecule has 0 aromatic heterocycles. The van der Waals surface area contributed by atoms with E-state index in [9.17, 15) is 14.7 Å². The third kappa shape index (κ3) is 3.29. The predicted molar refractivity (Wildman–Crippen MR) is 75.4 cm³/mol. The average molecular weight is 279 g/mol. The highest BCUT2D eigenvalue weighted by Crippen LogP contribution is 2.29. The lowest BCUT2D eigenvalue weighted by molar-refractivity contribution is -0.150. The molecule has 5 heteroatoms. The van der Waals surface area contributed by atoms with Crippen LogP contribution in [0.15, 0.2) is 30.3 Å². The number of nitrogens with zero attached hydrogens (tertiary/aromatic N) is 1. The van der Waals surface area contributed by atoms with E-state index in [0.29, 0.717) is 5.56 Å². The number of likely N-dealkylation sites (N-methyl/N-ethyl adjacent to an activating group) is 1. The van der Waals surface area contributed by atoms with Crippen molar-refractivity contribution >= 4 is 12.1 Å². The van der Waals surface area contributed by atoms with Gasteiger partial charge in [-0.3, -0.25) is 4.90 Å². The van der Waals surface area contributed by atoms with Crippen LogP contribution in [-0.2, 0) is 15.1 Å². The topological polar surface area (TPSA) is 66.8 Å². The molecule has 0 radical (unpaired) electrons. The van der Waals surface area contributed by atoms with Gasteiger partial charge in [-0.2, -0.15) is 0 Å². The Balaban J connectivity index is 3.15. The number of benzene rings is 1. The minimum atomic E-state index is -1.48. The molecule has 0 saturated carbocycles. The molecule has 1 N–H and O–H groups in total. The second kappa shape index (κ2) is 5.53. The molecule has 1 aromatic rings. The van der Waals surface area contributed by atoms with E-state index in [-0.39, 0.29) is 0 Å². The number of carboxylic acid groups (broad SMARTS) is 1. The van der Waals surface area contributed by atoms with Crippen LogP contribution in [0, 0.1) is 0 Å². The molecule has 1 amide bonds. The molecule has 0 spiro atoms. The van der Waals surface area contributed by atoms with E-state index in [2.05, 4.69) is 0 Å². The molecule has 1 atom stereocenters. The highest BCUT2D eigenvalue weighted by atomic mass is 16.6. The van der Waals surface area contributed by atoms with Crippen molar-refractivity contribution in [3.8, 4) is 0 Å². The summed E-state index contributed by atoms with van der Waals surface area (Å²) in [6, 6.07) is 8.61. The van der Waals surface area contributed by atoms with Gasteiger partial charge in [0.25, 0.3) is 0 Å². The van der Waals surface area contributed by atoms with Gasteiger partial charge in [0.1, 0.15) is 5.60 Å². The summed E-state index contributed by atoms with van der Waals surface area (Å²) in [4.78, 5) is 24.9. The quantitative estimate of drug-likeness (QED) is 0.923. The highest BCUT2D eigenvalue weighted by molar-refractivity contribution is 5.85. The first-order valence-electron chi connectivity index (χ1n) is 6.35. The minimum absolute atomic E-state index is 0.515. The Morgan fingerprint density at radius 2 is 1.60 bits per heavy atom. The first-order valence-corrected chi connectivity index (χ1v) is 6.35. The van der Waals surface area contributed by atoms with Crippen LogP contribution in [0.5, 0.6) is 0 Å². The fourth-order valence-electron chi connectivity index (χ4n) is 1.74. The van der Waals surface area contributed by atoms with Gasteiger partial charge in [-0.25, -0.2) is 9.59 Å². The van der Waals surface area contributed by atoms with Crippen LogP contribution in [0.1, 0.15) is 33.3 Å². The zero-order chi connectivity index (χ0) is 15.6. The summed E-state index contributed by atoms with van der Waals surface area (Å²) in [6.07, 6.45) is -0.675. The Morgan fingerprint density at radius 3 is 2.00 bits per heavy atom. The first-order chi connectivity index (χ1) is 9.09. The van der Waals surface area contributed by atoms with Gasteiger partial charge in [-0.15, -0.1) is 0 Å². The largest absolute Gasteiger partial charge is 0.479 e. The van der Waals surface area contributed by atoms with Crippen LogP contribution in [0.2, 0.25) is 0 Å². The third-order valence-electron chi connectivity index (χ3n) is 3.09. The van der Waals surface area contributed by atoms with Crippen LogP contribution in [0.25, 0.3) is 0 Å². The standard InChI is InChI=1S/C15H21NO4/c1-14(2,3)20-13(19)16(5)15(4,12(17)18)11-9-7-6-8-10-11/h6-10H,1-5H3,(H,17,18)/t15-/m0/s1. The molecule has 0 fully saturated rings. The van der Waals surface area contributed by atoms with Crippen molar-refractivity contribution in [2.45, 2.75) is 38.8 Å². The maximum Gasteiger partial charge on any atom is 0.411 e. The summed E-state index contributed by atoms with van der Waals surface area (Å²) in [6.45, 7) is 6.69. The molecule has 0 unspecified atom stereocenters. The van der Waals surface area contributed by atoms with E-state index in [4.69, 9.17) is 4.74 Å². The zero-order valence-corrected chi connectivity index (χ0v) is 12.5. The summed E-state index contributed by atoms with van der Waals surface area (Å²) in [5, 5.41) is 9.55. The van der Waals surface area contributed by atoms with E-state index in [1.807, 2.05) is 0 Å². The molecule has 0 aliphatic carbocycles. The monoisotopic (exact) mass is 279 g/mol. The number of hydrogen-bond acceptors (Lipinski definition) is 3. The van der Waals surface area contributed by atoms with Crippen LogP contribution < -0.4 is 0 Å². The molecule has 20 heavy (non-hydrogen) atoms. The number of rotatable bonds is 3. The summed E-state index contributed by atoms with van der Waals surface area (Å²) < 4.78 is 5.24. The zero-order valence-electron chi connectivity index (χ0n) is 12.5. The Bertz CT molecular complexity index is 492. The molecular weight excluding hydrogens is 258 g/mol. The van der Waals surface area contributed by atoms with Crippen LogP contribution in [0.4, 0.5) is 4.79 Å². The van der Waals surface area contributed by atoms with E-state index in [1.54, 1.807) is 51.1 Å². The van der Waals surface area contributed by atoms with E-state index in [1.165, 1.54) is 14.0 Å². The Hall–Kier alpha value is -2.04. The Labute approximate surface area is 119 Å². The Kier molecular flexibility index (Phi) is 4.43. The SMILES string of the molecule is CN(C(=O)OC(C)(C)C)[C@](C)(C(=O)O)c1ccccc1. The molecule has 0 heterocycles. The molecule has 1 aromatic carbocycles. The molecule has 0 aliphatic rings. The lowest BCUT2D eigenvalue weighted by Crippen LogP contribution is -2.51. The second-order valence-electron chi connectivity index (χ2n) is 5.78. The summed E-state index contributed by atoms with van der Waals surface area (Å²) in [7, 11) is 1.43. The molecule has 1 rings (SSSR count). The summed E-state index contributed by atoms with van der Waals surface area (Å²) in [5.74, 6) is -1.11. The number of amides is 1. The normalized spacial score (nSPS) is 14.2. The number of carboxylic acids is 1. The second-order valence-corrected chi connectivity index (χ2v) is 5.78. The number of carbonyl (C=O) groups excluding carboxylic acids is 1. The van der Waals surface area contributed by atoms with Gasteiger partial charge in [0, 0.05) is 7.05 Å². The lowest BCUT2D eigenvalue weighted by atomic mass is 9.91. The van der Waals surface area contributed by atoms with E-state index in [0.717, 1.165) is 4.90 Å². The third-order valence-corrected chi connectivity index (χ3v) is 3.09. The minimum Gasteiger partial charge on any atom is -0.479 e. The predicted octanol–water partition coefficient (Wildman–Crippen LogP) is 2.85. The van der Waals surface area contributed by atoms with E-state index < -0.39 is 23.2 Å². The highest BCUT2D eigenvalue weighted by Gasteiger charge is 2.43. The molecule has 110 valence electrons. The molecule has 0 bridgehead atoms. The van der Waals surface area contributed by atoms with Gasteiger partial charge in [-0.1, -0.05) is 30.3 Å². The molecular formula is C15H21NO4. The fraction of sp³-hybridized carbons (Fsp3) is 0.467. The lowest BCUT2D eigenvalue weighted by Gasteiger charge is -2.36. The van der Waals surface area contributed by atoms with Gasteiger partial charge in [0.15, 0.2) is 5.54 Å². The van der Waals surface area contributed by atoms with Crippen molar-refractivity contribution in [1.29, 1.82) is 0 Å². The van der Waals surface area contributed by atoms with Crippen molar-refractivity contribution in [2.24, 2.45) is 0 Å². The van der Waals surface area contributed by atoms with Crippen molar-refractivity contribution in [1.82, 2.24) is 4.90 Å². The van der Waals surface area contributed by atoms with Crippen molar-refractivity contribution in [3.63, 3.8) is 0 Å². The van der Waals surface area contributed by atoms with Crippen LogP contribution in [0.3, 0.4) is 0 Å². The van der Waals surface area contributed by atoms with Crippen LogP contribution in [-0.4, -0.2) is 34.7 Å². The van der Waals surface area contributed by atoms with Crippen molar-refractivity contribution in [2.75, 3.05) is 7.05 Å². The van der Waals surface area contributed by atoms with Gasteiger partial charge in [-0.05, 0) is 33.3 Å². The fourth-order valence-corrected chi connectivity index (χ4v) is 1.74. The van der Waals surface area contributed by atoms with Gasteiger partial charge in [0.05, 0.1) is 0 Å². The summed E-state index contributed by atoms with van der Waals surface area (Å²) in [5.41, 5.74) is -1.65. The maximum atomic E-state index is 12.1. The van der Waals surface area contributed by atoms with Crippen molar-refractivity contribution in [3.05, 3.63) is 35.9 Å². The van der Waals surface area contributed by atoms with Crippen LogP contribution >= 0.6 is 0 Å². The Morgan fingerprint density at radius 1 is 1.10 bits per heavy atom. The van der Waals surface area contributed by atoms with Gasteiger partial charge >= 0.3 is 12.1 Å². The van der Waals surface area contributed by atoms with Gasteiger partial charge in [0.2, 0.25) is 0 Å². The molecule has 0 aliphatic heterocycles. The number of ether oxygens (including phenoxy) is 1. The molecule has 0 saturated heterocycles. The van der Waals surface area contributed by atoms with Crippen molar-refractivity contribution < 1.29 is 19.4 Å². The average Bonchev–Trinajstić information content (AvgIpc) is 2.35. The smallest absolute Gasteiger partial charge is 0.411 e. The first kappa shape index (κ1) is 16.0.